The van der Waals surface area contributed by atoms with Gasteiger partial charge in [-0.05, 0) is 25.1 Å². The molecule has 5 heteroatoms. The number of hydrogen-bond donors (Lipinski definition) is 1. The van der Waals surface area contributed by atoms with Gasteiger partial charge in [0.1, 0.15) is 0 Å². The number of carbonyl (C=O) groups excluding carboxylic acids is 2. The Morgan fingerprint density at radius 1 is 1.44 bits per heavy atom. The van der Waals surface area contributed by atoms with E-state index in [4.69, 9.17) is 5.73 Å². The molecule has 1 aromatic carbocycles. The van der Waals surface area contributed by atoms with Gasteiger partial charge in [-0.3, -0.25) is 9.59 Å². The molecule has 0 bridgehead atoms. The maximum atomic E-state index is 11.2. The summed E-state index contributed by atoms with van der Waals surface area (Å²) in [5.74, 6) is -0.165. The first-order valence-corrected chi connectivity index (χ1v) is 5.63. The van der Waals surface area contributed by atoms with E-state index in [1.165, 1.54) is 25.8 Å². The van der Waals surface area contributed by atoms with Crippen molar-refractivity contribution in [2.45, 2.75) is 11.8 Å². The number of Topliss-reactive ketones (excluding diaryl/α,β-unsaturated/α-hetero) is 1. The molecule has 0 radical (unpaired) electrons. The minimum Gasteiger partial charge on any atom is -0.468 e. The highest BCUT2D eigenvalue weighted by Gasteiger charge is 2.07. The van der Waals surface area contributed by atoms with Crippen molar-refractivity contribution in [3.8, 4) is 0 Å². The number of methoxy groups -OCH3 is 1. The summed E-state index contributed by atoms with van der Waals surface area (Å²) >= 11 is 1.31. The molecule has 4 nitrogen and oxygen atoms in total. The van der Waals surface area contributed by atoms with E-state index in [1.54, 1.807) is 18.2 Å². The van der Waals surface area contributed by atoms with Gasteiger partial charge in [0.15, 0.2) is 5.78 Å². The van der Waals surface area contributed by atoms with Crippen molar-refractivity contribution in [1.29, 1.82) is 0 Å². The van der Waals surface area contributed by atoms with Crippen LogP contribution in [0.5, 0.6) is 0 Å². The molecule has 0 heterocycles. The fourth-order valence-corrected chi connectivity index (χ4v) is 1.90. The van der Waals surface area contributed by atoms with Crippen molar-refractivity contribution in [3.63, 3.8) is 0 Å². The second-order valence-corrected chi connectivity index (χ2v) is 4.22. The molecular formula is C11H13NO3S. The number of ketones is 1. The number of carbonyl (C=O) groups is 2. The lowest BCUT2D eigenvalue weighted by Gasteiger charge is -2.05. The van der Waals surface area contributed by atoms with Gasteiger partial charge in [0.2, 0.25) is 0 Å². The number of hydrogen-bond acceptors (Lipinski definition) is 5. The average molecular weight is 239 g/mol. The molecule has 0 aliphatic carbocycles. The number of esters is 1. The summed E-state index contributed by atoms with van der Waals surface area (Å²) in [5.41, 5.74) is 6.59. The van der Waals surface area contributed by atoms with Gasteiger partial charge in [0, 0.05) is 16.1 Å². The van der Waals surface area contributed by atoms with E-state index in [0.717, 1.165) is 4.90 Å². The molecule has 0 atom stereocenters. The molecule has 0 fully saturated rings. The third kappa shape index (κ3) is 3.27. The van der Waals surface area contributed by atoms with Gasteiger partial charge in [0.05, 0.1) is 12.9 Å². The summed E-state index contributed by atoms with van der Waals surface area (Å²) in [6, 6.07) is 5.12. The highest BCUT2D eigenvalue weighted by molar-refractivity contribution is 8.00. The Morgan fingerprint density at radius 2 is 2.12 bits per heavy atom. The SMILES string of the molecule is COC(=O)CSc1ccc(N)c(C(C)=O)c1. The Bertz CT molecular complexity index is 418. The van der Waals surface area contributed by atoms with Gasteiger partial charge in [-0.25, -0.2) is 0 Å². The summed E-state index contributed by atoms with van der Waals surface area (Å²) in [6.07, 6.45) is 0. The fraction of sp³-hybridized carbons (Fsp3) is 0.273. The lowest BCUT2D eigenvalue weighted by atomic mass is 10.1. The van der Waals surface area contributed by atoms with E-state index in [9.17, 15) is 9.59 Å². The number of ether oxygens (including phenoxy) is 1. The minimum absolute atomic E-state index is 0.0852. The predicted octanol–water partition coefficient (Wildman–Crippen LogP) is 1.74. The van der Waals surface area contributed by atoms with Crippen LogP contribution < -0.4 is 5.73 Å². The first-order valence-electron chi connectivity index (χ1n) is 4.64. The maximum Gasteiger partial charge on any atom is 0.315 e. The molecule has 86 valence electrons. The largest absolute Gasteiger partial charge is 0.468 e. The second kappa shape index (κ2) is 5.55. The monoisotopic (exact) mass is 239 g/mol. The molecule has 0 amide bonds. The molecule has 0 spiro atoms. The van der Waals surface area contributed by atoms with Crippen LogP contribution in [0.15, 0.2) is 23.1 Å². The standard InChI is InChI=1S/C11H13NO3S/c1-7(13)9-5-8(3-4-10(9)12)16-6-11(14)15-2/h3-5H,6,12H2,1-2H3. The van der Waals surface area contributed by atoms with E-state index < -0.39 is 0 Å². The van der Waals surface area contributed by atoms with Gasteiger partial charge in [-0.15, -0.1) is 11.8 Å². The van der Waals surface area contributed by atoms with Crippen molar-refractivity contribution in [2.75, 3.05) is 18.6 Å². The molecule has 0 saturated carbocycles. The molecule has 0 saturated heterocycles. The van der Waals surface area contributed by atoms with E-state index >= 15 is 0 Å². The highest BCUT2D eigenvalue weighted by atomic mass is 32.2. The molecule has 16 heavy (non-hydrogen) atoms. The van der Waals surface area contributed by atoms with Crippen LogP contribution in [0.25, 0.3) is 0 Å². The smallest absolute Gasteiger partial charge is 0.315 e. The molecule has 0 aromatic heterocycles. The fourth-order valence-electron chi connectivity index (χ4n) is 1.13. The van der Waals surface area contributed by atoms with Crippen LogP contribution in [0.1, 0.15) is 17.3 Å². The zero-order valence-electron chi connectivity index (χ0n) is 9.15. The lowest BCUT2D eigenvalue weighted by molar-refractivity contribution is -0.137. The van der Waals surface area contributed by atoms with E-state index in [2.05, 4.69) is 4.74 Å². The number of benzene rings is 1. The molecule has 0 aliphatic heterocycles. The molecule has 0 unspecified atom stereocenters. The molecule has 1 rings (SSSR count). The van der Waals surface area contributed by atoms with Crippen LogP contribution in [0.3, 0.4) is 0 Å². The van der Waals surface area contributed by atoms with E-state index in [0.29, 0.717) is 11.3 Å². The van der Waals surface area contributed by atoms with Gasteiger partial charge < -0.3 is 10.5 Å². The molecule has 1 aromatic rings. The summed E-state index contributed by atoms with van der Waals surface area (Å²) < 4.78 is 4.52. The Labute approximate surface area is 98.2 Å². The van der Waals surface area contributed by atoms with Crippen LogP contribution in [-0.2, 0) is 9.53 Å². The Morgan fingerprint density at radius 3 is 2.69 bits per heavy atom. The first-order chi connectivity index (χ1) is 7.54. The number of thioether (sulfide) groups is 1. The van der Waals surface area contributed by atoms with Crippen LogP contribution in [0.4, 0.5) is 5.69 Å². The zero-order valence-corrected chi connectivity index (χ0v) is 9.97. The third-order valence-electron chi connectivity index (χ3n) is 1.99. The van der Waals surface area contributed by atoms with Crippen LogP contribution in [0.2, 0.25) is 0 Å². The summed E-state index contributed by atoms with van der Waals surface area (Å²) in [4.78, 5) is 23.0. The van der Waals surface area contributed by atoms with Crippen molar-refractivity contribution in [1.82, 2.24) is 0 Å². The van der Waals surface area contributed by atoms with Crippen LogP contribution >= 0.6 is 11.8 Å². The predicted molar refractivity (Wildman–Crippen MR) is 63.6 cm³/mol. The maximum absolute atomic E-state index is 11.2. The Hall–Kier alpha value is -1.49. The quantitative estimate of drug-likeness (QED) is 0.375. The lowest BCUT2D eigenvalue weighted by Crippen LogP contribution is -2.03. The van der Waals surface area contributed by atoms with Crippen molar-refractivity contribution in [3.05, 3.63) is 23.8 Å². The Balaban J connectivity index is 2.79. The van der Waals surface area contributed by atoms with Crippen molar-refractivity contribution in [2.24, 2.45) is 0 Å². The molecule has 0 aliphatic rings. The van der Waals surface area contributed by atoms with Gasteiger partial charge in [-0.2, -0.15) is 0 Å². The molecule has 2 N–H and O–H groups in total. The summed E-state index contributed by atoms with van der Waals surface area (Å²) in [7, 11) is 1.34. The van der Waals surface area contributed by atoms with Gasteiger partial charge in [-0.1, -0.05) is 0 Å². The highest BCUT2D eigenvalue weighted by Crippen LogP contribution is 2.23. The number of rotatable bonds is 4. The zero-order chi connectivity index (χ0) is 12.1. The van der Waals surface area contributed by atoms with E-state index in [1.807, 2.05) is 0 Å². The summed E-state index contributed by atoms with van der Waals surface area (Å²) in [6.45, 7) is 1.46. The minimum atomic E-state index is -0.300. The number of anilines is 1. The van der Waals surface area contributed by atoms with Crippen LogP contribution in [-0.4, -0.2) is 24.6 Å². The van der Waals surface area contributed by atoms with Crippen molar-refractivity contribution >= 4 is 29.2 Å². The number of nitrogen functional groups attached to an aromatic ring is 1. The number of nitrogens with two attached hydrogens (primary N) is 1. The van der Waals surface area contributed by atoms with Crippen LogP contribution in [0, 0.1) is 0 Å². The van der Waals surface area contributed by atoms with Gasteiger partial charge in [0.25, 0.3) is 0 Å². The summed E-state index contributed by atoms with van der Waals surface area (Å²) in [5, 5.41) is 0. The molecular weight excluding hydrogens is 226 g/mol. The third-order valence-corrected chi connectivity index (χ3v) is 2.96. The second-order valence-electron chi connectivity index (χ2n) is 3.17. The van der Waals surface area contributed by atoms with Crippen molar-refractivity contribution < 1.29 is 14.3 Å². The van der Waals surface area contributed by atoms with Gasteiger partial charge >= 0.3 is 5.97 Å². The average Bonchev–Trinajstić information content (AvgIpc) is 2.27. The topological polar surface area (TPSA) is 69.4 Å². The Kier molecular flexibility index (Phi) is 4.37. The first kappa shape index (κ1) is 12.6. The normalized spacial score (nSPS) is 9.88. The van der Waals surface area contributed by atoms with E-state index in [-0.39, 0.29) is 17.5 Å².